The number of nitriles is 1. The Morgan fingerprint density at radius 2 is 1.89 bits per heavy atom. The largest absolute Gasteiger partial charge is 0.373 e. The van der Waals surface area contributed by atoms with Crippen LogP contribution in [0.3, 0.4) is 0 Å². The summed E-state index contributed by atoms with van der Waals surface area (Å²) in [5.74, 6) is -0.362. The molecule has 0 aliphatic carbocycles. The van der Waals surface area contributed by atoms with Crippen LogP contribution in [0.15, 0.2) is 60.3 Å². The zero-order valence-corrected chi connectivity index (χ0v) is 16.6. The number of carbonyl (C=O) groups is 1. The zero-order valence-electron chi connectivity index (χ0n) is 15.9. The molecule has 5 nitrogen and oxygen atoms in total. The highest BCUT2D eigenvalue weighted by atomic mass is 35.5. The fourth-order valence-corrected chi connectivity index (χ4v) is 3.26. The van der Waals surface area contributed by atoms with Crippen molar-refractivity contribution < 1.29 is 4.79 Å². The fourth-order valence-electron chi connectivity index (χ4n) is 3.13. The van der Waals surface area contributed by atoms with Gasteiger partial charge < -0.3 is 15.1 Å². The minimum atomic E-state index is -0.362. The molecule has 0 atom stereocenters. The molecule has 144 valence electrons. The van der Waals surface area contributed by atoms with Crippen LogP contribution >= 0.6 is 11.6 Å². The topological polar surface area (TPSA) is 59.4 Å². The van der Waals surface area contributed by atoms with Crippen molar-refractivity contribution in [2.45, 2.75) is 13.5 Å². The summed E-state index contributed by atoms with van der Waals surface area (Å²) < 4.78 is 0. The fraction of sp³-hybridized carbons (Fsp3) is 0.273. The Balaban J connectivity index is 1.55. The number of amides is 1. The van der Waals surface area contributed by atoms with E-state index in [1.807, 2.05) is 23.1 Å². The molecule has 1 aliphatic heterocycles. The van der Waals surface area contributed by atoms with Gasteiger partial charge in [-0.1, -0.05) is 35.9 Å². The predicted molar refractivity (Wildman–Crippen MR) is 112 cm³/mol. The van der Waals surface area contributed by atoms with Crippen LogP contribution in [-0.2, 0) is 11.3 Å². The van der Waals surface area contributed by atoms with Crippen molar-refractivity contribution in [2.75, 3.05) is 31.1 Å². The number of benzene rings is 2. The van der Waals surface area contributed by atoms with Crippen LogP contribution in [0.25, 0.3) is 0 Å². The van der Waals surface area contributed by atoms with Crippen LogP contribution in [0.5, 0.6) is 0 Å². The molecule has 2 aromatic carbocycles. The Kier molecular flexibility index (Phi) is 6.57. The molecule has 0 unspecified atom stereocenters. The third kappa shape index (κ3) is 5.28. The monoisotopic (exact) mass is 394 g/mol. The van der Waals surface area contributed by atoms with Gasteiger partial charge in [0.2, 0.25) is 0 Å². The van der Waals surface area contributed by atoms with Crippen LogP contribution in [0.1, 0.15) is 11.1 Å². The van der Waals surface area contributed by atoms with Gasteiger partial charge in [-0.05, 0) is 42.3 Å². The molecule has 1 amide bonds. The number of aryl methyl sites for hydroxylation is 1. The van der Waals surface area contributed by atoms with Crippen LogP contribution < -0.4 is 10.2 Å². The van der Waals surface area contributed by atoms with E-state index >= 15 is 0 Å². The molecule has 1 fully saturated rings. The van der Waals surface area contributed by atoms with Gasteiger partial charge in [-0.25, -0.2) is 0 Å². The first-order valence-electron chi connectivity index (χ1n) is 9.25. The first-order chi connectivity index (χ1) is 13.5. The number of hydrogen-bond donors (Lipinski definition) is 1. The van der Waals surface area contributed by atoms with Gasteiger partial charge in [0.05, 0.1) is 0 Å². The van der Waals surface area contributed by atoms with Crippen molar-refractivity contribution in [3.63, 3.8) is 0 Å². The molecule has 1 N–H and O–H groups in total. The van der Waals surface area contributed by atoms with Gasteiger partial charge in [-0.2, -0.15) is 5.26 Å². The van der Waals surface area contributed by atoms with E-state index in [1.54, 1.807) is 18.3 Å². The third-order valence-electron chi connectivity index (χ3n) is 4.72. The van der Waals surface area contributed by atoms with Crippen molar-refractivity contribution in [3.05, 3.63) is 76.5 Å². The van der Waals surface area contributed by atoms with E-state index in [4.69, 9.17) is 11.6 Å². The number of nitrogens with zero attached hydrogens (tertiary/aromatic N) is 3. The van der Waals surface area contributed by atoms with Gasteiger partial charge >= 0.3 is 0 Å². The second kappa shape index (κ2) is 9.29. The Morgan fingerprint density at radius 1 is 1.18 bits per heavy atom. The van der Waals surface area contributed by atoms with Crippen molar-refractivity contribution >= 4 is 23.2 Å². The standard InChI is InChI=1S/C22H23ClN4O/c1-17-3-2-4-21(13-17)27-11-9-26(10-12-27)16-19(14-24)22(28)25-15-18-5-7-20(23)8-6-18/h2-8,13,16H,9-12,15H2,1H3,(H,25,28)/b19-16-. The number of nitrogens with one attached hydrogen (secondary N) is 1. The van der Waals surface area contributed by atoms with Gasteiger partial charge in [-0.15, -0.1) is 0 Å². The number of carbonyl (C=O) groups excluding carboxylic acids is 1. The molecule has 1 aliphatic rings. The van der Waals surface area contributed by atoms with E-state index in [9.17, 15) is 10.1 Å². The first-order valence-corrected chi connectivity index (χ1v) is 9.63. The summed E-state index contributed by atoms with van der Waals surface area (Å²) in [7, 11) is 0. The van der Waals surface area contributed by atoms with Gasteiger partial charge in [0.15, 0.2) is 0 Å². The minimum absolute atomic E-state index is 0.123. The maximum Gasteiger partial charge on any atom is 0.263 e. The molecule has 3 rings (SSSR count). The van der Waals surface area contributed by atoms with Gasteiger partial charge in [0.1, 0.15) is 11.6 Å². The second-order valence-corrected chi connectivity index (χ2v) is 7.26. The molecular weight excluding hydrogens is 372 g/mol. The lowest BCUT2D eigenvalue weighted by atomic mass is 10.2. The van der Waals surface area contributed by atoms with E-state index in [-0.39, 0.29) is 11.5 Å². The highest BCUT2D eigenvalue weighted by Crippen LogP contribution is 2.18. The van der Waals surface area contributed by atoms with Crippen molar-refractivity contribution in [2.24, 2.45) is 0 Å². The smallest absolute Gasteiger partial charge is 0.263 e. The summed E-state index contributed by atoms with van der Waals surface area (Å²) in [6.45, 7) is 5.68. The number of piperazine rings is 1. The average molecular weight is 395 g/mol. The SMILES string of the molecule is Cc1cccc(N2CCN(/C=C(/C#N)C(=O)NCc3ccc(Cl)cc3)CC2)c1. The van der Waals surface area contributed by atoms with E-state index in [0.717, 1.165) is 31.7 Å². The lowest BCUT2D eigenvalue weighted by molar-refractivity contribution is -0.117. The first kappa shape index (κ1) is 19.8. The summed E-state index contributed by atoms with van der Waals surface area (Å²) >= 11 is 5.86. The number of hydrogen-bond acceptors (Lipinski definition) is 4. The summed E-state index contributed by atoms with van der Waals surface area (Å²) in [6, 6.07) is 17.7. The van der Waals surface area contributed by atoms with E-state index < -0.39 is 0 Å². The Labute approximate surface area is 170 Å². The molecule has 6 heteroatoms. The lowest BCUT2D eigenvalue weighted by Gasteiger charge is -2.35. The third-order valence-corrected chi connectivity index (χ3v) is 4.98. The molecule has 0 bridgehead atoms. The molecule has 28 heavy (non-hydrogen) atoms. The van der Waals surface area contributed by atoms with Gasteiger partial charge in [0.25, 0.3) is 5.91 Å². The summed E-state index contributed by atoms with van der Waals surface area (Å²) in [5.41, 5.74) is 3.51. The molecule has 0 spiro atoms. The highest BCUT2D eigenvalue weighted by molar-refractivity contribution is 6.30. The molecule has 0 radical (unpaired) electrons. The molecule has 0 saturated carbocycles. The summed E-state index contributed by atoms with van der Waals surface area (Å²) in [6.07, 6.45) is 1.67. The van der Waals surface area contributed by atoms with Crippen molar-refractivity contribution in [1.29, 1.82) is 5.26 Å². The molecule has 0 aromatic heterocycles. The van der Waals surface area contributed by atoms with E-state index in [0.29, 0.717) is 11.6 Å². The predicted octanol–water partition coefficient (Wildman–Crippen LogP) is 3.49. The quantitative estimate of drug-likeness (QED) is 0.623. The van der Waals surface area contributed by atoms with Crippen LogP contribution in [-0.4, -0.2) is 37.0 Å². The maximum atomic E-state index is 12.3. The number of halogens is 1. The Bertz CT molecular complexity index is 893. The highest BCUT2D eigenvalue weighted by Gasteiger charge is 2.17. The Hall–Kier alpha value is -2.97. The molecule has 2 aromatic rings. The maximum absolute atomic E-state index is 12.3. The number of anilines is 1. The van der Waals surface area contributed by atoms with Gasteiger partial charge in [-0.3, -0.25) is 4.79 Å². The molecule has 1 heterocycles. The summed E-state index contributed by atoms with van der Waals surface area (Å²) in [5, 5.41) is 12.8. The van der Waals surface area contributed by atoms with Crippen molar-refractivity contribution in [3.8, 4) is 6.07 Å². The number of rotatable bonds is 5. The van der Waals surface area contributed by atoms with Gasteiger partial charge in [0, 0.05) is 49.6 Å². The van der Waals surface area contributed by atoms with E-state index in [2.05, 4.69) is 41.4 Å². The Morgan fingerprint density at radius 3 is 2.54 bits per heavy atom. The zero-order chi connectivity index (χ0) is 19.9. The van der Waals surface area contributed by atoms with Crippen LogP contribution in [0.4, 0.5) is 5.69 Å². The minimum Gasteiger partial charge on any atom is -0.373 e. The molecular formula is C22H23ClN4O. The second-order valence-electron chi connectivity index (χ2n) is 6.83. The lowest BCUT2D eigenvalue weighted by Crippen LogP contribution is -2.44. The van der Waals surface area contributed by atoms with Crippen LogP contribution in [0, 0.1) is 18.3 Å². The normalized spacial score (nSPS) is 14.5. The van der Waals surface area contributed by atoms with E-state index in [1.165, 1.54) is 11.3 Å². The molecule has 1 saturated heterocycles. The average Bonchev–Trinajstić information content (AvgIpc) is 2.72. The van der Waals surface area contributed by atoms with Crippen LogP contribution in [0.2, 0.25) is 5.02 Å². The van der Waals surface area contributed by atoms with Crippen molar-refractivity contribution in [1.82, 2.24) is 10.2 Å². The summed E-state index contributed by atoms with van der Waals surface area (Å²) in [4.78, 5) is 16.7.